The minimum absolute atomic E-state index is 0.0961. The average molecular weight is 249 g/mol. The number of carbonyl (C=O) groups excluding carboxylic acids is 1. The Kier molecular flexibility index (Phi) is 4.59. The van der Waals surface area contributed by atoms with Gasteiger partial charge in [0.05, 0.1) is 18.6 Å². The Hall–Kier alpha value is -1.55. The van der Waals surface area contributed by atoms with Gasteiger partial charge in [0, 0.05) is 18.0 Å². The van der Waals surface area contributed by atoms with Gasteiger partial charge < -0.3 is 14.8 Å². The fraction of sp³-hybridized carbons (Fsp3) is 0.500. The molecule has 1 aliphatic carbocycles. The molecule has 0 aromatic carbocycles. The summed E-state index contributed by atoms with van der Waals surface area (Å²) in [5, 5.41) is 12.7. The summed E-state index contributed by atoms with van der Waals surface area (Å²) in [6.07, 6.45) is 9.91. The van der Waals surface area contributed by atoms with Crippen molar-refractivity contribution in [3.05, 3.63) is 36.3 Å². The Morgan fingerprint density at radius 3 is 3.11 bits per heavy atom. The average Bonchev–Trinajstić information content (AvgIpc) is 2.93. The van der Waals surface area contributed by atoms with Crippen LogP contribution in [0.25, 0.3) is 0 Å². The van der Waals surface area contributed by atoms with Crippen molar-refractivity contribution in [3.63, 3.8) is 0 Å². The van der Waals surface area contributed by atoms with Gasteiger partial charge in [-0.25, -0.2) is 0 Å². The lowest BCUT2D eigenvalue weighted by Gasteiger charge is -2.17. The zero-order valence-corrected chi connectivity index (χ0v) is 10.3. The summed E-state index contributed by atoms with van der Waals surface area (Å²) in [5.74, 6) is 0.194. The Labute approximate surface area is 107 Å². The van der Waals surface area contributed by atoms with E-state index in [9.17, 15) is 9.90 Å². The fourth-order valence-corrected chi connectivity index (χ4v) is 2.14. The maximum atomic E-state index is 11.8. The molecule has 0 spiro atoms. The molecule has 4 nitrogen and oxygen atoms in total. The van der Waals surface area contributed by atoms with Gasteiger partial charge in [0.15, 0.2) is 0 Å². The third-order valence-corrected chi connectivity index (χ3v) is 3.28. The molecule has 0 bridgehead atoms. The Morgan fingerprint density at radius 1 is 1.56 bits per heavy atom. The van der Waals surface area contributed by atoms with Crippen molar-refractivity contribution in [3.8, 4) is 0 Å². The first-order valence-electron chi connectivity index (χ1n) is 6.40. The quantitative estimate of drug-likeness (QED) is 0.786. The van der Waals surface area contributed by atoms with Crippen LogP contribution in [0.15, 0.2) is 35.2 Å². The number of furan rings is 1. The van der Waals surface area contributed by atoms with Gasteiger partial charge in [-0.05, 0) is 31.7 Å². The molecular formula is C14H19NO3. The van der Waals surface area contributed by atoms with Crippen LogP contribution in [0.5, 0.6) is 0 Å². The van der Waals surface area contributed by atoms with Gasteiger partial charge in [-0.3, -0.25) is 4.79 Å². The molecule has 0 saturated carbocycles. The van der Waals surface area contributed by atoms with Crippen molar-refractivity contribution in [1.29, 1.82) is 0 Å². The molecule has 18 heavy (non-hydrogen) atoms. The number of nitrogens with one attached hydrogen (secondary N) is 1. The Morgan fingerprint density at radius 2 is 2.44 bits per heavy atom. The van der Waals surface area contributed by atoms with E-state index < -0.39 is 6.10 Å². The second kappa shape index (κ2) is 6.40. The Bertz CT molecular complexity index is 397. The topological polar surface area (TPSA) is 62.5 Å². The van der Waals surface area contributed by atoms with Gasteiger partial charge in [0.2, 0.25) is 5.91 Å². The number of amides is 1. The molecule has 1 aliphatic rings. The lowest BCUT2D eigenvalue weighted by Crippen LogP contribution is -2.32. The van der Waals surface area contributed by atoms with Crippen LogP contribution >= 0.6 is 0 Å². The van der Waals surface area contributed by atoms with E-state index in [0.717, 1.165) is 24.8 Å². The van der Waals surface area contributed by atoms with Crippen LogP contribution < -0.4 is 5.32 Å². The first-order valence-corrected chi connectivity index (χ1v) is 6.40. The molecular weight excluding hydrogens is 230 g/mol. The number of carbonyl (C=O) groups is 1. The predicted octanol–water partition coefficient (Wildman–Crippen LogP) is 2.18. The van der Waals surface area contributed by atoms with E-state index in [2.05, 4.69) is 17.5 Å². The van der Waals surface area contributed by atoms with Crippen LogP contribution in [0.2, 0.25) is 0 Å². The van der Waals surface area contributed by atoms with Crippen LogP contribution in [-0.2, 0) is 4.79 Å². The van der Waals surface area contributed by atoms with Gasteiger partial charge in [0.25, 0.3) is 0 Å². The minimum atomic E-state index is -0.574. The van der Waals surface area contributed by atoms with Gasteiger partial charge in [0.1, 0.15) is 0 Å². The SMILES string of the molecule is O=C(NCC[C@@H](O)c1ccoc1)[C@H]1CC=CCC1. The van der Waals surface area contributed by atoms with Crippen molar-refractivity contribution in [2.24, 2.45) is 5.92 Å². The fourth-order valence-electron chi connectivity index (χ4n) is 2.14. The number of aliphatic hydroxyl groups excluding tert-OH is 1. The zero-order valence-electron chi connectivity index (χ0n) is 10.3. The highest BCUT2D eigenvalue weighted by Gasteiger charge is 2.18. The molecule has 1 aromatic rings. The summed E-state index contributed by atoms with van der Waals surface area (Å²) in [6, 6.07) is 1.73. The maximum Gasteiger partial charge on any atom is 0.223 e. The standard InChI is InChI=1S/C14H19NO3/c16-13(12-7-9-18-10-12)6-8-15-14(17)11-4-2-1-3-5-11/h1-2,7,9-11,13,16H,3-6,8H2,(H,15,17)/t11-,13+/m0/s1. The normalized spacial score (nSPS) is 20.6. The molecule has 1 heterocycles. The van der Waals surface area contributed by atoms with Gasteiger partial charge in [-0.2, -0.15) is 0 Å². The molecule has 1 aromatic heterocycles. The van der Waals surface area contributed by atoms with Crippen LogP contribution in [0.4, 0.5) is 0 Å². The number of aliphatic hydroxyl groups is 1. The second-order valence-corrected chi connectivity index (χ2v) is 4.63. The third kappa shape index (κ3) is 3.47. The highest BCUT2D eigenvalue weighted by molar-refractivity contribution is 5.78. The number of hydrogen-bond donors (Lipinski definition) is 2. The van der Waals surface area contributed by atoms with Crippen molar-refractivity contribution in [1.82, 2.24) is 5.32 Å². The van der Waals surface area contributed by atoms with E-state index in [1.807, 2.05) is 0 Å². The summed E-state index contributed by atoms with van der Waals surface area (Å²) < 4.78 is 4.90. The first-order chi connectivity index (χ1) is 8.77. The summed E-state index contributed by atoms with van der Waals surface area (Å²) in [4.78, 5) is 11.8. The zero-order chi connectivity index (χ0) is 12.8. The smallest absolute Gasteiger partial charge is 0.223 e. The van der Waals surface area contributed by atoms with Gasteiger partial charge in [-0.1, -0.05) is 12.2 Å². The van der Waals surface area contributed by atoms with E-state index in [0.29, 0.717) is 13.0 Å². The summed E-state index contributed by atoms with van der Waals surface area (Å²) in [7, 11) is 0. The summed E-state index contributed by atoms with van der Waals surface area (Å²) in [5.41, 5.74) is 0.754. The van der Waals surface area contributed by atoms with E-state index in [1.165, 1.54) is 12.5 Å². The van der Waals surface area contributed by atoms with Gasteiger partial charge >= 0.3 is 0 Å². The molecule has 1 amide bonds. The summed E-state index contributed by atoms with van der Waals surface area (Å²) in [6.45, 7) is 0.491. The first kappa shape index (κ1) is 12.9. The molecule has 0 radical (unpaired) electrons. The predicted molar refractivity (Wildman–Crippen MR) is 67.8 cm³/mol. The molecule has 0 saturated heterocycles. The second-order valence-electron chi connectivity index (χ2n) is 4.63. The number of allylic oxidation sites excluding steroid dienone is 2. The molecule has 2 atom stereocenters. The molecule has 98 valence electrons. The highest BCUT2D eigenvalue weighted by Crippen LogP contribution is 2.19. The molecule has 4 heteroatoms. The van der Waals surface area contributed by atoms with Crippen LogP contribution in [0.1, 0.15) is 37.4 Å². The van der Waals surface area contributed by atoms with Crippen molar-refractivity contribution >= 4 is 5.91 Å². The largest absolute Gasteiger partial charge is 0.472 e. The molecule has 0 aliphatic heterocycles. The monoisotopic (exact) mass is 249 g/mol. The maximum absolute atomic E-state index is 11.8. The van der Waals surface area contributed by atoms with Crippen LogP contribution in [0, 0.1) is 5.92 Å². The molecule has 2 rings (SSSR count). The van der Waals surface area contributed by atoms with Crippen molar-refractivity contribution < 1.29 is 14.3 Å². The highest BCUT2D eigenvalue weighted by atomic mass is 16.3. The van der Waals surface area contributed by atoms with Crippen molar-refractivity contribution in [2.75, 3.05) is 6.54 Å². The van der Waals surface area contributed by atoms with Crippen molar-refractivity contribution in [2.45, 2.75) is 31.8 Å². The number of rotatable bonds is 5. The molecule has 2 N–H and O–H groups in total. The van der Waals surface area contributed by atoms with Crippen LogP contribution in [-0.4, -0.2) is 17.6 Å². The van der Waals surface area contributed by atoms with E-state index in [-0.39, 0.29) is 11.8 Å². The lowest BCUT2D eigenvalue weighted by atomic mass is 9.93. The Balaban J connectivity index is 1.68. The van der Waals surface area contributed by atoms with E-state index >= 15 is 0 Å². The third-order valence-electron chi connectivity index (χ3n) is 3.28. The molecule has 0 unspecified atom stereocenters. The summed E-state index contributed by atoms with van der Waals surface area (Å²) >= 11 is 0. The molecule has 0 fully saturated rings. The van der Waals surface area contributed by atoms with E-state index in [1.54, 1.807) is 6.07 Å². The van der Waals surface area contributed by atoms with Gasteiger partial charge in [-0.15, -0.1) is 0 Å². The number of hydrogen-bond acceptors (Lipinski definition) is 3. The van der Waals surface area contributed by atoms with Crippen LogP contribution in [0.3, 0.4) is 0 Å². The lowest BCUT2D eigenvalue weighted by molar-refractivity contribution is -0.125. The van der Waals surface area contributed by atoms with E-state index in [4.69, 9.17) is 4.42 Å². The minimum Gasteiger partial charge on any atom is -0.472 e.